The Morgan fingerprint density at radius 3 is 2.58 bits per heavy atom. The van der Waals surface area contributed by atoms with E-state index in [1.54, 1.807) is 6.92 Å². The summed E-state index contributed by atoms with van der Waals surface area (Å²) >= 11 is 0. The molecule has 1 aliphatic heterocycles. The Balaban J connectivity index is 2.56. The van der Waals surface area contributed by atoms with Gasteiger partial charge in [-0.2, -0.15) is 8.42 Å². The maximum Gasteiger partial charge on any atom is 0.340 e. The molecule has 1 aromatic rings. The van der Waals surface area contributed by atoms with Gasteiger partial charge in [0.1, 0.15) is 6.10 Å². The number of rotatable bonds is 8. The van der Waals surface area contributed by atoms with E-state index in [2.05, 4.69) is 0 Å². The molecule has 9 nitrogen and oxygen atoms in total. The van der Waals surface area contributed by atoms with Gasteiger partial charge in [0.15, 0.2) is 11.5 Å². The van der Waals surface area contributed by atoms with Crippen molar-refractivity contribution in [3.63, 3.8) is 0 Å². The molecule has 1 atom stereocenters. The highest BCUT2D eigenvalue weighted by Gasteiger charge is 2.28. The lowest BCUT2D eigenvalue weighted by molar-refractivity contribution is 0.0600. The molecule has 2 N–H and O–H groups in total. The molecule has 1 heterocycles. The third-order valence-electron chi connectivity index (χ3n) is 3.87. The van der Waals surface area contributed by atoms with Crippen molar-refractivity contribution in [1.82, 2.24) is 0 Å². The molecule has 0 aromatic heterocycles. The number of methoxy groups -OCH3 is 2. The fourth-order valence-corrected chi connectivity index (χ4v) is 3.52. The number of nitrogens with two attached hydrogens (primary N) is 1. The number of benzene rings is 1. The molecule has 0 unspecified atom stereocenters. The molecule has 0 aliphatic carbocycles. The van der Waals surface area contributed by atoms with Gasteiger partial charge in [0.2, 0.25) is 0 Å². The van der Waals surface area contributed by atoms with Crippen LogP contribution < -0.4 is 18.9 Å². The van der Waals surface area contributed by atoms with E-state index >= 15 is 0 Å². The quantitative estimate of drug-likeness (QED) is 0.662. The summed E-state index contributed by atoms with van der Waals surface area (Å²) < 4.78 is 46.2. The van der Waals surface area contributed by atoms with E-state index in [0.29, 0.717) is 31.8 Å². The van der Waals surface area contributed by atoms with Gasteiger partial charge in [-0.1, -0.05) is 6.92 Å². The minimum Gasteiger partial charge on any atom is -0.493 e. The third kappa shape index (κ3) is 4.57. The Kier molecular flexibility index (Phi) is 6.68. The number of hydrogen-bond donors (Lipinski definition) is 1. The molecule has 1 saturated heterocycles. The first kappa shape index (κ1) is 20.3. The number of ether oxygens (including phenoxy) is 4. The lowest BCUT2D eigenvalue weighted by Gasteiger charge is -2.25. The summed E-state index contributed by atoms with van der Waals surface area (Å²) in [5.74, 6) is -0.123. The molecule has 0 bridgehead atoms. The van der Waals surface area contributed by atoms with E-state index in [0.717, 1.165) is 4.31 Å². The molecule has 1 aromatic carbocycles. The van der Waals surface area contributed by atoms with E-state index in [9.17, 15) is 13.2 Å². The molecule has 1 aliphatic rings. The van der Waals surface area contributed by atoms with Crippen LogP contribution in [0, 0.1) is 0 Å². The lowest BCUT2D eigenvalue weighted by Crippen LogP contribution is -2.38. The molecule has 0 spiro atoms. The molecular weight excluding hydrogens is 364 g/mol. The van der Waals surface area contributed by atoms with Crippen molar-refractivity contribution in [2.45, 2.75) is 25.9 Å². The summed E-state index contributed by atoms with van der Waals surface area (Å²) in [7, 11) is -1.46. The van der Waals surface area contributed by atoms with Crippen molar-refractivity contribution in [2.24, 2.45) is 5.14 Å². The van der Waals surface area contributed by atoms with E-state index in [1.165, 1.54) is 26.4 Å². The highest BCUT2D eigenvalue weighted by Crippen LogP contribution is 2.37. The molecule has 26 heavy (non-hydrogen) atoms. The van der Waals surface area contributed by atoms with Crippen LogP contribution in [-0.4, -0.2) is 54.5 Å². The highest BCUT2D eigenvalue weighted by atomic mass is 32.2. The zero-order chi connectivity index (χ0) is 19.3. The van der Waals surface area contributed by atoms with E-state index in [4.69, 9.17) is 24.1 Å². The normalized spacial score (nSPS) is 17.0. The van der Waals surface area contributed by atoms with Crippen LogP contribution in [0.25, 0.3) is 0 Å². The monoisotopic (exact) mass is 388 g/mol. The zero-order valence-electron chi connectivity index (χ0n) is 15.1. The summed E-state index contributed by atoms with van der Waals surface area (Å²) in [5, 5.41) is 5.33. The van der Waals surface area contributed by atoms with Crippen LogP contribution in [0.1, 0.15) is 30.1 Å². The van der Waals surface area contributed by atoms with Gasteiger partial charge in [-0.15, -0.1) is 0 Å². The second-order valence-electron chi connectivity index (χ2n) is 5.73. The van der Waals surface area contributed by atoms with Crippen molar-refractivity contribution in [1.29, 1.82) is 0 Å². The molecule has 0 amide bonds. The largest absolute Gasteiger partial charge is 0.493 e. The van der Waals surface area contributed by atoms with Gasteiger partial charge >= 0.3 is 5.97 Å². The SMILES string of the molecule is CCCN(c1cc(OC)c(O[C@H]2CCOC2)cc1C(=O)OC)S(N)(=O)=O. The molecule has 0 radical (unpaired) electrons. The fourth-order valence-electron chi connectivity index (χ4n) is 2.65. The molecule has 2 rings (SSSR count). The molecule has 10 heteroatoms. The van der Waals surface area contributed by atoms with E-state index < -0.39 is 16.2 Å². The molecular formula is C16H24N2O7S. The van der Waals surface area contributed by atoms with Gasteiger partial charge in [-0.3, -0.25) is 4.31 Å². The lowest BCUT2D eigenvalue weighted by atomic mass is 10.1. The van der Waals surface area contributed by atoms with E-state index in [-0.39, 0.29) is 29.6 Å². The standard InChI is InChI=1S/C16H24N2O7S/c1-4-6-18(26(17,20)21)13-9-14(22-2)15(8-12(13)16(19)23-3)25-11-5-7-24-10-11/h8-9,11H,4-7,10H2,1-3H3,(H2,17,20,21)/t11-/m0/s1. The average Bonchev–Trinajstić information content (AvgIpc) is 3.11. The predicted molar refractivity (Wildman–Crippen MR) is 94.9 cm³/mol. The number of esters is 1. The maximum absolute atomic E-state index is 12.3. The minimum absolute atomic E-state index is 0.0182. The Labute approximate surface area is 153 Å². The second kappa shape index (κ2) is 8.56. The first-order valence-corrected chi connectivity index (χ1v) is 9.67. The van der Waals surface area contributed by atoms with Gasteiger partial charge in [0.25, 0.3) is 10.2 Å². The van der Waals surface area contributed by atoms with Gasteiger partial charge < -0.3 is 18.9 Å². The van der Waals surface area contributed by atoms with Gasteiger partial charge in [-0.05, 0) is 6.42 Å². The number of carbonyl (C=O) groups excluding carboxylic acids is 1. The summed E-state index contributed by atoms with van der Waals surface area (Å²) in [5.41, 5.74) is 0.0952. The average molecular weight is 388 g/mol. The molecule has 1 fully saturated rings. The number of nitrogens with zero attached hydrogens (tertiary/aromatic N) is 1. The fraction of sp³-hybridized carbons (Fsp3) is 0.562. The maximum atomic E-state index is 12.3. The van der Waals surface area contributed by atoms with Crippen LogP contribution in [0.15, 0.2) is 12.1 Å². The van der Waals surface area contributed by atoms with Gasteiger partial charge in [-0.25, -0.2) is 9.93 Å². The van der Waals surface area contributed by atoms with Crippen molar-refractivity contribution >= 4 is 21.9 Å². The van der Waals surface area contributed by atoms with Crippen LogP contribution in [0.5, 0.6) is 11.5 Å². The smallest absolute Gasteiger partial charge is 0.340 e. The van der Waals surface area contributed by atoms with Crippen LogP contribution in [0.4, 0.5) is 5.69 Å². The predicted octanol–water partition coefficient (Wildman–Crippen LogP) is 1.07. The van der Waals surface area contributed by atoms with Crippen molar-refractivity contribution in [3.8, 4) is 11.5 Å². The number of carbonyl (C=O) groups is 1. The highest BCUT2D eigenvalue weighted by molar-refractivity contribution is 7.90. The summed E-state index contributed by atoms with van der Waals surface area (Å²) in [6.45, 7) is 2.91. The molecule has 0 saturated carbocycles. The third-order valence-corrected chi connectivity index (χ3v) is 4.87. The second-order valence-corrected chi connectivity index (χ2v) is 7.20. The Bertz CT molecular complexity index is 745. The topological polar surface area (TPSA) is 117 Å². The van der Waals surface area contributed by atoms with Crippen molar-refractivity contribution < 1.29 is 32.2 Å². The van der Waals surface area contributed by atoms with Crippen LogP contribution in [0.2, 0.25) is 0 Å². The first-order chi connectivity index (χ1) is 12.3. The summed E-state index contributed by atoms with van der Waals surface area (Å²) in [6.07, 6.45) is 1.03. The summed E-state index contributed by atoms with van der Waals surface area (Å²) in [6, 6.07) is 2.82. The number of hydrogen-bond acceptors (Lipinski definition) is 7. The van der Waals surface area contributed by atoms with Gasteiger partial charge in [0.05, 0.1) is 38.7 Å². The van der Waals surface area contributed by atoms with Crippen LogP contribution in [-0.2, 0) is 19.7 Å². The first-order valence-electron chi connectivity index (χ1n) is 8.17. The van der Waals surface area contributed by atoms with Crippen molar-refractivity contribution in [2.75, 3.05) is 38.3 Å². The Morgan fingerprint density at radius 1 is 1.35 bits per heavy atom. The van der Waals surface area contributed by atoms with Crippen molar-refractivity contribution in [3.05, 3.63) is 17.7 Å². The van der Waals surface area contributed by atoms with E-state index in [1.807, 2.05) is 0 Å². The minimum atomic E-state index is -4.10. The summed E-state index contributed by atoms with van der Waals surface area (Å²) in [4.78, 5) is 12.3. The van der Waals surface area contributed by atoms with Crippen LogP contribution in [0.3, 0.4) is 0 Å². The van der Waals surface area contributed by atoms with Crippen LogP contribution >= 0.6 is 0 Å². The Hall–Kier alpha value is -2.04. The number of anilines is 1. The molecule has 146 valence electrons. The zero-order valence-corrected chi connectivity index (χ0v) is 15.9. The Morgan fingerprint density at radius 2 is 2.08 bits per heavy atom. The van der Waals surface area contributed by atoms with Gasteiger partial charge in [0, 0.05) is 25.1 Å².